The van der Waals surface area contributed by atoms with Gasteiger partial charge in [0.05, 0.1) is 6.10 Å². The first-order chi connectivity index (χ1) is 9.67. The number of carbonyl (C=O) groups is 2. The van der Waals surface area contributed by atoms with Crippen LogP contribution in [0.25, 0.3) is 0 Å². The molecular weight excluding hydrogens is 256 g/mol. The Balaban J connectivity index is 2.09. The molecule has 3 atom stereocenters. The number of ether oxygens (including phenoxy) is 1. The minimum absolute atomic E-state index is 0.00268. The molecule has 5 nitrogen and oxygen atoms in total. The molecule has 0 spiro atoms. The fourth-order valence-electron chi connectivity index (χ4n) is 3.09. The van der Waals surface area contributed by atoms with Crippen LogP contribution in [0.15, 0.2) is 0 Å². The van der Waals surface area contributed by atoms with Gasteiger partial charge in [0.15, 0.2) is 0 Å². The molecule has 0 radical (unpaired) electrons. The average molecular weight is 282 g/mol. The lowest BCUT2D eigenvalue weighted by molar-refractivity contribution is -0.151. The number of piperazine rings is 1. The minimum atomic E-state index is -0.345. The second-order valence-corrected chi connectivity index (χ2v) is 5.78. The highest BCUT2D eigenvalue weighted by Crippen LogP contribution is 2.21. The van der Waals surface area contributed by atoms with Crippen LogP contribution in [0.5, 0.6) is 0 Å². The second-order valence-electron chi connectivity index (χ2n) is 5.78. The first-order valence-electron chi connectivity index (χ1n) is 7.89. The van der Waals surface area contributed by atoms with Crippen LogP contribution in [0, 0.1) is 0 Å². The van der Waals surface area contributed by atoms with E-state index < -0.39 is 0 Å². The van der Waals surface area contributed by atoms with Gasteiger partial charge in [-0.2, -0.15) is 0 Å². The zero-order chi connectivity index (χ0) is 14.5. The highest BCUT2D eigenvalue weighted by Gasteiger charge is 2.40. The van der Waals surface area contributed by atoms with E-state index in [4.69, 9.17) is 4.74 Å². The monoisotopic (exact) mass is 282 g/mol. The Kier molecular flexibility index (Phi) is 5.40. The molecule has 3 unspecified atom stereocenters. The van der Waals surface area contributed by atoms with Gasteiger partial charge in [0.2, 0.25) is 11.8 Å². The Labute approximate surface area is 121 Å². The van der Waals surface area contributed by atoms with Gasteiger partial charge in [0.25, 0.3) is 0 Å². The van der Waals surface area contributed by atoms with Crippen molar-refractivity contribution in [3.05, 3.63) is 0 Å². The maximum Gasteiger partial charge on any atom is 0.245 e. The van der Waals surface area contributed by atoms with Crippen LogP contribution in [0.2, 0.25) is 0 Å². The third-order valence-corrected chi connectivity index (χ3v) is 4.14. The molecule has 2 rings (SSSR count). The normalized spacial score (nSPS) is 30.7. The third-order valence-electron chi connectivity index (χ3n) is 4.14. The van der Waals surface area contributed by atoms with Crippen LogP contribution < -0.4 is 5.32 Å². The standard InChI is InChI=1S/C15H26N2O3/c1-3-6-12-15(19)17(10-11-8-5-9-20-11)13(7-4-2)14(18)16-12/h11-13H,3-10H2,1-2H3,(H,16,18). The molecule has 0 bridgehead atoms. The van der Waals surface area contributed by atoms with Crippen molar-refractivity contribution >= 4 is 11.8 Å². The van der Waals surface area contributed by atoms with Gasteiger partial charge in [-0.25, -0.2) is 0 Å². The summed E-state index contributed by atoms with van der Waals surface area (Å²) in [6, 6.07) is -0.660. The molecule has 5 heteroatoms. The van der Waals surface area contributed by atoms with Crippen LogP contribution in [0.1, 0.15) is 52.4 Å². The molecule has 114 valence electrons. The summed E-state index contributed by atoms with van der Waals surface area (Å²) in [7, 11) is 0. The van der Waals surface area contributed by atoms with Gasteiger partial charge in [0.1, 0.15) is 12.1 Å². The summed E-state index contributed by atoms with van der Waals surface area (Å²) in [5.74, 6) is 0.0725. The fraction of sp³-hybridized carbons (Fsp3) is 0.867. The van der Waals surface area contributed by atoms with Crippen molar-refractivity contribution in [2.45, 2.75) is 70.6 Å². The number of nitrogens with one attached hydrogen (secondary N) is 1. The Hall–Kier alpha value is -1.10. The summed E-state index contributed by atoms with van der Waals surface area (Å²) in [4.78, 5) is 26.6. The van der Waals surface area contributed by atoms with Gasteiger partial charge >= 0.3 is 0 Å². The predicted octanol–water partition coefficient (Wildman–Crippen LogP) is 1.46. The number of hydrogen-bond donors (Lipinski definition) is 1. The van der Waals surface area contributed by atoms with E-state index in [1.54, 1.807) is 4.90 Å². The van der Waals surface area contributed by atoms with E-state index in [0.29, 0.717) is 13.0 Å². The fourth-order valence-corrected chi connectivity index (χ4v) is 3.09. The van der Waals surface area contributed by atoms with E-state index in [1.807, 2.05) is 13.8 Å². The Morgan fingerprint density at radius 1 is 1.25 bits per heavy atom. The van der Waals surface area contributed by atoms with Crippen molar-refractivity contribution in [3.63, 3.8) is 0 Å². The summed E-state index contributed by atoms with van der Waals surface area (Å²) in [6.45, 7) is 5.41. The Bertz CT molecular complexity index is 353. The van der Waals surface area contributed by atoms with E-state index in [9.17, 15) is 9.59 Å². The second kappa shape index (κ2) is 7.07. The van der Waals surface area contributed by atoms with E-state index in [2.05, 4.69) is 5.32 Å². The van der Waals surface area contributed by atoms with E-state index in [-0.39, 0.29) is 30.0 Å². The molecule has 2 saturated heterocycles. The molecule has 1 N–H and O–H groups in total. The van der Waals surface area contributed by atoms with Gasteiger partial charge in [-0.05, 0) is 25.7 Å². The smallest absolute Gasteiger partial charge is 0.245 e. The molecule has 20 heavy (non-hydrogen) atoms. The maximum atomic E-state index is 12.6. The highest BCUT2D eigenvalue weighted by atomic mass is 16.5. The Morgan fingerprint density at radius 2 is 2.00 bits per heavy atom. The third kappa shape index (κ3) is 3.32. The van der Waals surface area contributed by atoms with Gasteiger partial charge < -0.3 is 15.0 Å². The lowest BCUT2D eigenvalue weighted by Crippen LogP contribution is -2.64. The molecule has 2 aliphatic heterocycles. The number of carbonyl (C=O) groups excluding carboxylic acids is 2. The zero-order valence-electron chi connectivity index (χ0n) is 12.6. The number of amides is 2. The zero-order valence-corrected chi connectivity index (χ0v) is 12.6. The van der Waals surface area contributed by atoms with Crippen LogP contribution >= 0.6 is 0 Å². The first-order valence-corrected chi connectivity index (χ1v) is 7.89. The number of nitrogens with zero attached hydrogens (tertiary/aromatic N) is 1. The minimum Gasteiger partial charge on any atom is -0.376 e. The molecule has 0 aliphatic carbocycles. The summed E-state index contributed by atoms with van der Waals surface area (Å²) in [5.41, 5.74) is 0. The first kappa shape index (κ1) is 15.3. The molecule has 0 aromatic carbocycles. The molecule has 2 amide bonds. The van der Waals surface area contributed by atoms with E-state index >= 15 is 0 Å². The quantitative estimate of drug-likeness (QED) is 0.802. The largest absolute Gasteiger partial charge is 0.376 e. The van der Waals surface area contributed by atoms with Crippen molar-refractivity contribution in [2.24, 2.45) is 0 Å². The number of hydrogen-bond acceptors (Lipinski definition) is 3. The SMILES string of the molecule is CCCC1NC(=O)C(CCC)N(CC2CCCO2)C1=O. The van der Waals surface area contributed by atoms with Gasteiger partial charge in [-0.3, -0.25) is 9.59 Å². The van der Waals surface area contributed by atoms with E-state index in [1.165, 1.54) is 0 Å². The average Bonchev–Trinajstić information content (AvgIpc) is 2.93. The molecule has 2 aliphatic rings. The van der Waals surface area contributed by atoms with Crippen LogP contribution in [-0.4, -0.2) is 48.1 Å². The molecular formula is C15H26N2O3. The van der Waals surface area contributed by atoms with Gasteiger partial charge in [-0.1, -0.05) is 26.7 Å². The van der Waals surface area contributed by atoms with Gasteiger partial charge in [-0.15, -0.1) is 0 Å². The molecule has 2 fully saturated rings. The molecule has 2 heterocycles. The van der Waals surface area contributed by atoms with Crippen molar-refractivity contribution in [1.82, 2.24) is 10.2 Å². The van der Waals surface area contributed by atoms with E-state index in [0.717, 1.165) is 38.7 Å². The molecule has 0 aromatic rings. The van der Waals surface area contributed by atoms with Gasteiger partial charge in [0, 0.05) is 13.2 Å². The lowest BCUT2D eigenvalue weighted by Gasteiger charge is -2.40. The summed E-state index contributed by atoms with van der Waals surface area (Å²) < 4.78 is 5.64. The summed E-state index contributed by atoms with van der Waals surface area (Å²) >= 11 is 0. The van der Waals surface area contributed by atoms with Crippen molar-refractivity contribution in [3.8, 4) is 0 Å². The molecule has 0 aromatic heterocycles. The molecule has 0 saturated carbocycles. The highest BCUT2D eigenvalue weighted by molar-refractivity contribution is 5.96. The summed E-state index contributed by atoms with van der Waals surface area (Å²) in [5, 5.41) is 2.89. The van der Waals surface area contributed by atoms with Crippen LogP contribution in [-0.2, 0) is 14.3 Å². The Morgan fingerprint density at radius 3 is 2.60 bits per heavy atom. The van der Waals surface area contributed by atoms with Crippen LogP contribution in [0.4, 0.5) is 0 Å². The number of rotatable bonds is 6. The van der Waals surface area contributed by atoms with Crippen molar-refractivity contribution < 1.29 is 14.3 Å². The summed E-state index contributed by atoms with van der Waals surface area (Å²) in [6.07, 6.45) is 5.37. The van der Waals surface area contributed by atoms with Crippen molar-refractivity contribution in [1.29, 1.82) is 0 Å². The van der Waals surface area contributed by atoms with Crippen LogP contribution in [0.3, 0.4) is 0 Å². The predicted molar refractivity (Wildman–Crippen MR) is 76.2 cm³/mol. The maximum absolute atomic E-state index is 12.6. The lowest BCUT2D eigenvalue weighted by atomic mass is 9.99. The van der Waals surface area contributed by atoms with Crippen molar-refractivity contribution in [2.75, 3.05) is 13.2 Å². The topological polar surface area (TPSA) is 58.6 Å².